The molecule has 1 saturated heterocycles. The Morgan fingerprint density at radius 1 is 0.739 bits per heavy atom. The third-order valence-corrected chi connectivity index (χ3v) is 9.54. The number of hydrogen-bond acceptors (Lipinski definition) is 4. The van der Waals surface area contributed by atoms with Crippen molar-refractivity contribution in [1.82, 2.24) is 10.2 Å². The van der Waals surface area contributed by atoms with Gasteiger partial charge >= 0.3 is 12.1 Å². The number of likely N-dealkylation sites (tertiary alicyclic amines) is 1. The summed E-state index contributed by atoms with van der Waals surface area (Å²) in [5.74, 6) is -0.990. The number of alkyl carbamates (subject to hydrolysis) is 1. The maximum absolute atomic E-state index is 13.4. The van der Waals surface area contributed by atoms with Gasteiger partial charge < -0.3 is 15.2 Å². The van der Waals surface area contributed by atoms with Gasteiger partial charge in [0.05, 0.1) is 5.54 Å². The second-order valence-corrected chi connectivity index (χ2v) is 12.2. The predicted molar refractivity (Wildman–Crippen MR) is 179 cm³/mol. The number of nitrogens with one attached hydrogen (secondary N) is 1. The smallest absolute Gasteiger partial charge is 0.407 e. The highest BCUT2D eigenvalue weighted by Gasteiger charge is 2.51. The van der Waals surface area contributed by atoms with E-state index in [1.54, 1.807) is 0 Å². The van der Waals surface area contributed by atoms with Gasteiger partial charge in [-0.15, -0.1) is 0 Å². The van der Waals surface area contributed by atoms with E-state index < -0.39 is 29.7 Å². The zero-order valence-corrected chi connectivity index (χ0v) is 25.7. The molecule has 6 nitrogen and oxygen atoms in total. The first kappa shape index (κ1) is 29.5. The number of fused-ring (bicyclic) bond motifs is 3. The second-order valence-electron chi connectivity index (χ2n) is 12.2. The number of ether oxygens (including phenoxy) is 1. The van der Waals surface area contributed by atoms with Crippen molar-refractivity contribution in [3.8, 4) is 11.1 Å². The summed E-state index contributed by atoms with van der Waals surface area (Å²) in [5.41, 5.74) is 7.68. The molecule has 46 heavy (non-hydrogen) atoms. The SMILES string of the molecule is Cc1ccc(C(c2ccccc2)(c2ccccc2)N2C[C@@H](NC(=O)OCC3c4ccccc4-c4ccccc43)C[C@H]2C(=O)O)cc1. The Morgan fingerprint density at radius 3 is 1.78 bits per heavy atom. The Labute approximate surface area is 269 Å². The van der Waals surface area contributed by atoms with Crippen LogP contribution in [-0.4, -0.2) is 47.3 Å². The number of carbonyl (C=O) groups is 2. The molecule has 5 aromatic carbocycles. The normalized spacial score (nSPS) is 17.7. The Balaban J connectivity index is 1.19. The van der Waals surface area contributed by atoms with E-state index in [0.29, 0.717) is 6.54 Å². The number of hydrogen-bond donors (Lipinski definition) is 2. The molecule has 1 aliphatic heterocycles. The molecule has 2 aliphatic rings. The van der Waals surface area contributed by atoms with Gasteiger partial charge in [0.15, 0.2) is 0 Å². The fraction of sp³-hybridized carbons (Fsp3) is 0.200. The molecule has 1 amide bonds. The Kier molecular flexibility index (Phi) is 7.89. The Morgan fingerprint density at radius 2 is 1.24 bits per heavy atom. The molecule has 6 heteroatoms. The lowest BCUT2D eigenvalue weighted by molar-refractivity contribution is -0.143. The molecule has 5 aromatic rings. The molecule has 2 atom stereocenters. The van der Waals surface area contributed by atoms with Gasteiger partial charge in [-0.1, -0.05) is 139 Å². The number of nitrogens with zero attached hydrogens (tertiary/aromatic N) is 1. The highest BCUT2D eigenvalue weighted by molar-refractivity contribution is 5.79. The van der Waals surface area contributed by atoms with Crippen LogP contribution in [0.15, 0.2) is 133 Å². The number of rotatable bonds is 8. The zero-order valence-electron chi connectivity index (χ0n) is 25.7. The van der Waals surface area contributed by atoms with Crippen molar-refractivity contribution in [2.24, 2.45) is 0 Å². The maximum Gasteiger partial charge on any atom is 0.407 e. The lowest BCUT2D eigenvalue weighted by atomic mass is 9.75. The first-order chi connectivity index (χ1) is 22.5. The van der Waals surface area contributed by atoms with Crippen LogP contribution in [-0.2, 0) is 15.1 Å². The zero-order chi connectivity index (χ0) is 31.7. The minimum absolute atomic E-state index is 0.0599. The summed E-state index contributed by atoms with van der Waals surface area (Å²) in [6, 6.07) is 43.5. The van der Waals surface area contributed by atoms with Gasteiger partial charge in [0.2, 0.25) is 0 Å². The van der Waals surface area contributed by atoms with Gasteiger partial charge in [-0.3, -0.25) is 9.69 Å². The van der Waals surface area contributed by atoms with E-state index in [9.17, 15) is 14.7 Å². The fourth-order valence-electron chi connectivity index (χ4n) is 7.50. The van der Waals surface area contributed by atoms with Crippen LogP contribution in [0.25, 0.3) is 11.1 Å². The van der Waals surface area contributed by atoms with E-state index in [0.717, 1.165) is 44.5 Å². The average Bonchev–Trinajstić information content (AvgIpc) is 3.65. The van der Waals surface area contributed by atoms with Crippen molar-refractivity contribution in [3.63, 3.8) is 0 Å². The van der Waals surface area contributed by atoms with Crippen LogP contribution in [0.1, 0.15) is 45.7 Å². The number of carbonyl (C=O) groups excluding carboxylic acids is 1. The molecule has 0 unspecified atom stereocenters. The summed E-state index contributed by atoms with van der Waals surface area (Å²) in [4.78, 5) is 28.4. The quantitative estimate of drug-likeness (QED) is 0.180. The molecule has 230 valence electrons. The minimum Gasteiger partial charge on any atom is -0.480 e. The molecule has 7 rings (SSSR count). The van der Waals surface area contributed by atoms with Crippen LogP contribution in [0.2, 0.25) is 0 Å². The lowest BCUT2D eigenvalue weighted by Crippen LogP contribution is -2.53. The van der Waals surface area contributed by atoms with Crippen molar-refractivity contribution in [2.45, 2.75) is 36.9 Å². The number of carboxylic acid groups (broad SMARTS) is 1. The summed E-state index contributed by atoms with van der Waals surface area (Å²) in [6.45, 7) is 2.56. The molecule has 1 fully saturated rings. The van der Waals surface area contributed by atoms with Crippen molar-refractivity contribution in [2.75, 3.05) is 13.2 Å². The molecule has 0 spiro atoms. The second kappa shape index (κ2) is 12.3. The number of carboxylic acids is 1. The van der Waals surface area contributed by atoms with E-state index >= 15 is 0 Å². The van der Waals surface area contributed by atoms with E-state index in [2.05, 4.69) is 78.1 Å². The van der Waals surface area contributed by atoms with Crippen LogP contribution in [0.5, 0.6) is 0 Å². The number of aliphatic carboxylic acids is 1. The van der Waals surface area contributed by atoms with Crippen LogP contribution >= 0.6 is 0 Å². The van der Waals surface area contributed by atoms with Crippen molar-refractivity contribution < 1.29 is 19.4 Å². The predicted octanol–water partition coefficient (Wildman–Crippen LogP) is 7.35. The van der Waals surface area contributed by atoms with E-state index in [1.807, 2.05) is 72.5 Å². The van der Waals surface area contributed by atoms with Crippen molar-refractivity contribution in [3.05, 3.63) is 167 Å². The third kappa shape index (κ3) is 5.15. The first-order valence-electron chi connectivity index (χ1n) is 15.8. The molecular formula is C40H36N2O4. The summed E-state index contributed by atoms with van der Waals surface area (Å²) < 4.78 is 5.87. The lowest BCUT2D eigenvalue weighted by Gasteiger charge is -2.45. The number of aryl methyl sites for hydroxylation is 1. The van der Waals surface area contributed by atoms with E-state index in [4.69, 9.17) is 4.74 Å². The van der Waals surface area contributed by atoms with Crippen LogP contribution in [0.4, 0.5) is 4.79 Å². The molecule has 0 aromatic heterocycles. The highest BCUT2D eigenvalue weighted by Crippen LogP contribution is 2.47. The van der Waals surface area contributed by atoms with Crippen LogP contribution in [0, 0.1) is 6.92 Å². The third-order valence-electron chi connectivity index (χ3n) is 9.54. The minimum atomic E-state index is -0.930. The topological polar surface area (TPSA) is 78.9 Å². The van der Waals surface area contributed by atoms with E-state index in [1.165, 1.54) is 0 Å². The Hall–Kier alpha value is -5.20. The van der Waals surface area contributed by atoms with Crippen molar-refractivity contribution >= 4 is 12.1 Å². The molecule has 0 bridgehead atoms. The van der Waals surface area contributed by atoms with Gasteiger partial charge in [0, 0.05) is 18.5 Å². The van der Waals surface area contributed by atoms with Crippen LogP contribution < -0.4 is 5.32 Å². The average molecular weight is 609 g/mol. The number of amides is 1. The highest BCUT2D eigenvalue weighted by atomic mass is 16.5. The van der Waals surface area contributed by atoms with Gasteiger partial charge in [-0.25, -0.2) is 4.79 Å². The van der Waals surface area contributed by atoms with Gasteiger partial charge in [-0.05, 0) is 52.3 Å². The van der Waals surface area contributed by atoms with Gasteiger partial charge in [-0.2, -0.15) is 0 Å². The molecular weight excluding hydrogens is 572 g/mol. The largest absolute Gasteiger partial charge is 0.480 e. The monoisotopic (exact) mass is 608 g/mol. The molecule has 1 aliphatic carbocycles. The van der Waals surface area contributed by atoms with Gasteiger partial charge in [0.1, 0.15) is 12.6 Å². The van der Waals surface area contributed by atoms with Crippen LogP contribution in [0.3, 0.4) is 0 Å². The van der Waals surface area contributed by atoms with E-state index in [-0.39, 0.29) is 18.9 Å². The standard InChI is InChI=1S/C40H36N2O4/c1-27-20-22-30(23-21-27)40(28-12-4-2-5-13-28,29-14-6-3-7-15-29)42-25-31(24-37(42)38(43)44)41-39(45)46-26-36-34-18-10-8-16-32(34)33-17-9-11-19-35(33)36/h2-23,31,36-37H,24-26H2,1H3,(H,41,45)(H,43,44)/t31-,37-/m0/s1. The summed E-state index contributed by atoms with van der Waals surface area (Å²) in [6.07, 6.45) is -0.300. The summed E-state index contributed by atoms with van der Waals surface area (Å²) >= 11 is 0. The van der Waals surface area contributed by atoms with Gasteiger partial charge in [0.25, 0.3) is 0 Å². The Bertz CT molecular complexity index is 1770. The molecule has 0 radical (unpaired) electrons. The summed E-state index contributed by atoms with van der Waals surface area (Å²) in [7, 11) is 0. The fourth-order valence-corrected chi connectivity index (χ4v) is 7.50. The molecule has 0 saturated carbocycles. The number of benzene rings is 5. The molecule has 2 N–H and O–H groups in total. The maximum atomic E-state index is 13.4. The van der Waals surface area contributed by atoms with Crippen molar-refractivity contribution in [1.29, 1.82) is 0 Å². The summed E-state index contributed by atoms with van der Waals surface area (Å²) in [5, 5.41) is 13.7. The molecule has 1 heterocycles. The first-order valence-corrected chi connectivity index (χ1v) is 15.8.